The number of esters is 2. The highest BCUT2D eigenvalue weighted by atomic mass is 31.2. The van der Waals surface area contributed by atoms with Crippen LogP contribution in [0.25, 0.3) is 0 Å². The van der Waals surface area contributed by atoms with Gasteiger partial charge in [0, 0.05) is 19.4 Å². The van der Waals surface area contributed by atoms with Gasteiger partial charge in [-0.1, -0.05) is 119 Å². The molecule has 292 valence electrons. The van der Waals surface area contributed by atoms with E-state index in [0.717, 1.165) is 77.0 Å². The van der Waals surface area contributed by atoms with Crippen molar-refractivity contribution in [1.29, 1.82) is 0 Å². The van der Waals surface area contributed by atoms with Gasteiger partial charge < -0.3 is 20.1 Å². The lowest BCUT2D eigenvalue weighted by molar-refractivity contribution is -0.161. The Kier molecular flexibility index (Phi) is 35.4. The molecule has 2 atom stereocenters. The predicted molar refractivity (Wildman–Crippen MR) is 210 cm³/mol. The molecule has 0 aromatic heterocycles. The van der Waals surface area contributed by atoms with Crippen molar-refractivity contribution in [2.75, 3.05) is 26.4 Å². The Hall–Kier alpha value is -2.55. The average Bonchev–Trinajstić information content (AvgIpc) is 3.11. The molecule has 0 saturated heterocycles. The molecule has 0 saturated carbocycles. The highest BCUT2D eigenvalue weighted by molar-refractivity contribution is 7.47. The number of carbonyl (C=O) groups is 2. The Balaban J connectivity index is 4.33. The molecular weight excluding hydrogens is 665 g/mol. The monoisotopic (exact) mass is 735 g/mol. The molecule has 51 heavy (non-hydrogen) atoms. The van der Waals surface area contributed by atoms with Crippen molar-refractivity contribution in [1.82, 2.24) is 0 Å². The molecule has 0 amide bonds. The van der Waals surface area contributed by atoms with Crippen LogP contribution in [0.4, 0.5) is 0 Å². The highest BCUT2D eigenvalue weighted by Crippen LogP contribution is 2.43. The lowest BCUT2D eigenvalue weighted by atomic mass is 10.1. The molecule has 0 aliphatic rings. The van der Waals surface area contributed by atoms with Gasteiger partial charge >= 0.3 is 19.8 Å². The minimum absolute atomic E-state index is 0.0407. The first-order chi connectivity index (χ1) is 24.8. The van der Waals surface area contributed by atoms with Gasteiger partial charge in [0.2, 0.25) is 0 Å². The summed E-state index contributed by atoms with van der Waals surface area (Å²) >= 11 is 0. The second-order valence-electron chi connectivity index (χ2n) is 12.4. The number of nitrogens with two attached hydrogens (primary N) is 1. The first kappa shape index (κ1) is 48.5. The van der Waals surface area contributed by atoms with Crippen LogP contribution >= 0.6 is 7.82 Å². The van der Waals surface area contributed by atoms with Crippen LogP contribution in [-0.2, 0) is 32.7 Å². The third kappa shape index (κ3) is 37.0. The zero-order valence-electron chi connectivity index (χ0n) is 31.8. The van der Waals surface area contributed by atoms with Crippen LogP contribution in [0.3, 0.4) is 0 Å². The minimum atomic E-state index is -4.39. The Labute approximate surface area is 310 Å². The van der Waals surface area contributed by atoms with E-state index in [2.05, 4.69) is 86.8 Å². The molecule has 0 aromatic rings. The van der Waals surface area contributed by atoms with Crippen LogP contribution in [0, 0.1) is 0 Å². The summed E-state index contributed by atoms with van der Waals surface area (Å²) in [7, 11) is -4.39. The number of carbonyl (C=O) groups excluding carboxylic acids is 2. The van der Waals surface area contributed by atoms with Crippen molar-refractivity contribution in [3.63, 3.8) is 0 Å². The number of phosphoric ester groups is 1. The standard InChI is InChI=1S/C41H70NO8P/c1-3-5-7-9-11-13-15-17-19-21-23-25-27-29-31-33-40(43)47-37-39(38-49-51(45,46)48-36-35-42)50-41(44)34-32-30-28-26-24-22-20-18-16-14-12-10-8-6-4-2/h6,8,11-14,17-20,24,26,39H,3-5,7,9-10,15-16,21-23,25,27-38,42H2,1-2H3,(H,45,46)/b8-6-,13-11-,14-12-,19-17-,20-18-,26-24-/t39-/m1/s1. The lowest BCUT2D eigenvalue weighted by Crippen LogP contribution is -2.29. The van der Waals surface area contributed by atoms with Crippen molar-refractivity contribution in [3.8, 4) is 0 Å². The number of rotatable bonds is 35. The van der Waals surface area contributed by atoms with Gasteiger partial charge in [-0.15, -0.1) is 0 Å². The summed E-state index contributed by atoms with van der Waals surface area (Å²) in [6, 6.07) is 0. The van der Waals surface area contributed by atoms with Gasteiger partial charge in [-0.25, -0.2) is 4.57 Å². The number of unbranched alkanes of at least 4 members (excludes halogenated alkanes) is 10. The number of hydrogen-bond donors (Lipinski definition) is 2. The quantitative estimate of drug-likeness (QED) is 0.0282. The van der Waals surface area contributed by atoms with Crippen molar-refractivity contribution >= 4 is 19.8 Å². The summed E-state index contributed by atoms with van der Waals surface area (Å²) in [5.41, 5.74) is 5.33. The molecule has 0 heterocycles. The smallest absolute Gasteiger partial charge is 0.462 e. The number of ether oxygens (including phenoxy) is 2. The van der Waals surface area contributed by atoms with Crippen molar-refractivity contribution in [2.45, 2.75) is 148 Å². The first-order valence-corrected chi connectivity index (χ1v) is 20.9. The van der Waals surface area contributed by atoms with E-state index in [-0.39, 0.29) is 32.6 Å². The number of hydrogen-bond acceptors (Lipinski definition) is 8. The molecule has 3 N–H and O–H groups in total. The third-order valence-electron chi connectivity index (χ3n) is 7.58. The van der Waals surface area contributed by atoms with Crippen LogP contribution in [0.15, 0.2) is 72.9 Å². The summed E-state index contributed by atoms with van der Waals surface area (Å²) < 4.78 is 32.6. The normalized spacial score (nSPS) is 14.2. The number of phosphoric acid groups is 1. The Bertz CT molecular complexity index is 1070. The van der Waals surface area contributed by atoms with E-state index in [4.69, 9.17) is 24.3 Å². The van der Waals surface area contributed by atoms with Gasteiger partial charge in [0.15, 0.2) is 6.10 Å². The van der Waals surface area contributed by atoms with Gasteiger partial charge in [-0.3, -0.25) is 18.6 Å². The van der Waals surface area contributed by atoms with E-state index in [0.29, 0.717) is 12.8 Å². The van der Waals surface area contributed by atoms with Crippen LogP contribution in [0.2, 0.25) is 0 Å². The number of allylic oxidation sites excluding steroid dienone is 12. The molecule has 0 spiro atoms. The molecule has 0 rings (SSSR count). The molecular formula is C41H70NO8P. The Morgan fingerprint density at radius 3 is 1.65 bits per heavy atom. The van der Waals surface area contributed by atoms with Crippen LogP contribution in [0.5, 0.6) is 0 Å². The fourth-order valence-corrected chi connectivity index (χ4v) is 5.48. The van der Waals surface area contributed by atoms with E-state index in [1.807, 2.05) is 0 Å². The summed E-state index contributed by atoms with van der Waals surface area (Å²) in [5.74, 6) is -0.902. The lowest BCUT2D eigenvalue weighted by Gasteiger charge is -2.19. The topological polar surface area (TPSA) is 134 Å². The predicted octanol–water partition coefficient (Wildman–Crippen LogP) is 10.7. The maximum absolute atomic E-state index is 12.5. The fourth-order valence-electron chi connectivity index (χ4n) is 4.71. The zero-order valence-corrected chi connectivity index (χ0v) is 32.7. The Morgan fingerprint density at radius 1 is 0.608 bits per heavy atom. The maximum atomic E-state index is 12.5. The fraction of sp³-hybridized carbons (Fsp3) is 0.659. The first-order valence-electron chi connectivity index (χ1n) is 19.4. The molecule has 0 aliphatic carbocycles. The van der Waals surface area contributed by atoms with E-state index in [9.17, 15) is 19.0 Å². The summed E-state index contributed by atoms with van der Waals surface area (Å²) in [5, 5.41) is 0. The van der Waals surface area contributed by atoms with E-state index in [1.54, 1.807) is 0 Å². The molecule has 9 nitrogen and oxygen atoms in total. The van der Waals surface area contributed by atoms with Gasteiger partial charge in [0.25, 0.3) is 0 Å². The zero-order chi connectivity index (χ0) is 37.5. The molecule has 0 fully saturated rings. The minimum Gasteiger partial charge on any atom is -0.462 e. The second-order valence-corrected chi connectivity index (χ2v) is 13.9. The second kappa shape index (κ2) is 37.2. The summed E-state index contributed by atoms with van der Waals surface area (Å²) in [6.45, 7) is 3.49. The molecule has 0 aliphatic heterocycles. The maximum Gasteiger partial charge on any atom is 0.472 e. The van der Waals surface area contributed by atoms with Crippen LogP contribution < -0.4 is 5.73 Å². The summed E-state index contributed by atoms with van der Waals surface area (Å²) in [6.07, 6.45) is 43.6. The van der Waals surface area contributed by atoms with Gasteiger partial charge in [0.1, 0.15) is 6.61 Å². The van der Waals surface area contributed by atoms with Crippen molar-refractivity contribution in [3.05, 3.63) is 72.9 Å². The Morgan fingerprint density at radius 2 is 1.08 bits per heavy atom. The van der Waals surface area contributed by atoms with Crippen LogP contribution in [0.1, 0.15) is 142 Å². The molecule has 0 aromatic carbocycles. The van der Waals surface area contributed by atoms with E-state index >= 15 is 0 Å². The molecule has 0 radical (unpaired) electrons. The highest BCUT2D eigenvalue weighted by Gasteiger charge is 2.25. The largest absolute Gasteiger partial charge is 0.472 e. The van der Waals surface area contributed by atoms with E-state index in [1.165, 1.54) is 25.7 Å². The SMILES string of the molecule is CC/C=C\C/C=C\C/C=C\C/C=C\CCCCC(=O)O[C@H](COC(=O)CCCCCCC/C=C\C/C=C\CCCCC)COP(=O)(O)OCCN. The van der Waals surface area contributed by atoms with Gasteiger partial charge in [-0.2, -0.15) is 0 Å². The van der Waals surface area contributed by atoms with Gasteiger partial charge in [-0.05, 0) is 83.5 Å². The van der Waals surface area contributed by atoms with Crippen molar-refractivity contribution < 1.29 is 37.6 Å². The van der Waals surface area contributed by atoms with Gasteiger partial charge in [0.05, 0.1) is 13.2 Å². The molecule has 1 unspecified atom stereocenters. The molecule has 0 bridgehead atoms. The average molecular weight is 736 g/mol. The third-order valence-corrected chi connectivity index (χ3v) is 8.56. The van der Waals surface area contributed by atoms with E-state index < -0.39 is 32.5 Å². The van der Waals surface area contributed by atoms with Crippen molar-refractivity contribution in [2.24, 2.45) is 5.73 Å². The summed E-state index contributed by atoms with van der Waals surface area (Å²) in [4.78, 5) is 34.7. The molecule has 10 heteroatoms. The van der Waals surface area contributed by atoms with Crippen LogP contribution in [-0.4, -0.2) is 49.3 Å².